The first kappa shape index (κ1) is 20.9. The maximum Gasteiger partial charge on any atom is 0.257 e. The fraction of sp³-hybridized carbons (Fsp3) is 0.421. The fourth-order valence-electron chi connectivity index (χ4n) is 3.31. The number of aromatic nitrogens is 1. The van der Waals surface area contributed by atoms with Gasteiger partial charge in [-0.25, -0.2) is 13.1 Å². The van der Waals surface area contributed by atoms with E-state index in [4.69, 9.17) is 16.3 Å². The van der Waals surface area contributed by atoms with Crippen molar-refractivity contribution in [2.75, 3.05) is 26.3 Å². The third-order valence-corrected chi connectivity index (χ3v) is 7.05. The summed E-state index contributed by atoms with van der Waals surface area (Å²) in [5.41, 5.74) is 2.01. The molecule has 2 heterocycles. The zero-order valence-electron chi connectivity index (χ0n) is 16.2. The number of nitrogens with zero attached hydrogens (tertiary/aromatic N) is 2. The van der Waals surface area contributed by atoms with Crippen LogP contribution >= 0.6 is 11.6 Å². The van der Waals surface area contributed by atoms with E-state index in [-0.39, 0.29) is 22.9 Å². The van der Waals surface area contributed by atoms with Crippen LogP contribution in [-0.4, -0.2) is 50.1 Å². The average molecular weight is 426 g/mol. The summed E-state index contributed by atoms with van der Waals surface area (Å²) >= 11 is 6.13. The number of carbonyl (C=O) groups is 1. The first-order chi connectivity index (χ1) is 13.2. The Hall–Kier alpha value is -1.87. The topological polar surface area (TPSA) is 80.6 Å². The molecule has 0 radical (unpaired) electrons. The second-order valence-electron chi connectivity index (χ2n) is 6.75. The summed E-state index contributed by atoms with van der Waals surface area (Å²) in [6, 6.07) is 7.04. The van der Waals surface area contributed by atoms with Crippen LogP contribution in [0.25, 0.3) is 0 Å². The minimum Gasteiger partial charge on any atom is -0.378 e. The van der Waals surface area contributed by atoms with Crippen LogP contribution in [0, 0.1) is 13.8 Å². The largest absolute Gasteiger partial charge is 0.378 e. The molecule has 0 atom stereocenters. The van der Waals surface area contributed by atoms with Crippen LogP contribution in [0.4, 0.5) is 0 Å². The van der Waals surface area contributed by atoms with Crippen molar-refractivity contribution in [2.24, 2.45) is 7.05 Å². The highest BCUT2D eigenvalue weighted by atomic mass is 35.5. The Labute approximate surface area is 170 Å². The third kappa shape index (κ3) is 3.96. The Morgan fingerprint density at radius 2 is 1.82 bits per heavy atom. The predicted molar refractivity (Wildman–Crippen MR) is 107 cm³/mol. The van der Waals surface area contributed by atoms with Gasteiger partial charge in [-0.05, 0) is 25.5 Å². The quantitative estimate of drug-likeness (QED) is 0.796. The molecule has 1 fully saturated rings. The number of nitrogens with one attached hydrogen (secondary N) is 1. The molecule has 1 aliphatic heterocycles. The average Bonchev–Trinajstić information content (AvgIpc) is 2.92. The van der Waals surface area contributed by atoms with E-state index in [0.29, 0.717) is 48.3 Å². The summed E-state index contributed by atoms with van der Waals surface area (Å²) < 4.78 is 35.9. The number of ether oxygens (including phenoxy) is 1. The summed E-state index contributed by atoms with van der Waals surface area (Å²) in [6.45, 7) is 5.28. The number of sulfonamides is 1. The number of rotatable bonds is 5. The summed E-state index contributed by atoms with van der Waals surface area (Å²) in [4.78, 5) is 14.8. The van der Waals surface area contributed by atoms with Gasteiger partial charge in [0.25, 0.3) is 5.91 Å². The van der Waals surface area contributed by atoms with E-state index >= 15 is 0 Å². The number of hydrogen-bond acceptors (Lipinski definition) is 4. The Morgan fingerprint density at radius 1 is 1.18 bits per heavy atom. The van der Waals surface area contributed by atoms with Gasteiger partial charge in [-0.1, -0.05) is 29.8 Å². The molecule has 1 amide bonds. The molecule has 1 aliphatic rings. The first-order valence-corrected chi connectivity index (χ1v) is 10.9. The predicted octanol–water partition coefficient (Wildman–Crippen LogP) is 2.25. The molecule has 3 rings (SSSR count). The molecule has 2 aromatic rings. The first-order valence-electron chi connectivity index (χ1n) is 9.00. The van der Waals surface area contributed by atoms with Crippen molar-refractivity contribution in [3.8, 4) is 0 Å². The molecule has 9 heteroatoms. The van der Waals surface area contributed by atoms with Gasteiger partial charge in [-0.3, -0.25) is 4.79 Å². The highest BCUT2D eigenvalue weighted by Crippen LogP contribution is 2.28. The molecule has 0 saturated carbocycles. The van der Waals surface area contributed by atoms with Gasteiger partial charge in [0.1, 0.15) is 4.90 Å². The van der Waals surface area contributed by atoms with Crippen molar-refractivity contribution in [3.63, 3.8) is 0 Å². The zero-order chi connectivity index (χ0) is 20.5. The van der Waals surface area contributed by atoms with Crippen molar-refractivity contribution in [2.45, 2.75) is 25.3 Å². The molecule has 0 unspecified atom stereocenters. The minimum absolute atomic E-state index is 0.0241. The highest BCUT2D eigenvalue weighted by molar-refractivity contribution is 7.89. The van der Waals surface area contributed by atoms with Gasteiger partial charge >= 0.3 is 0 Å². The molecule has 1 N–H and O–H groups in total. The second kappa shape index (κ2) is 8.24. The van der Waals surface area contributed by atoms with Crippen LogP contribution < -0.4 is 4.72 Å². The van der Waals surface area contributed by atoms with Crippen molar-refractivity contribution in [1.29, 1.82) is 0 Å². The van der Waals surface area contributed by atoms with Gasteiger partial charge < -0.3 is 14.2 Å². The molecule has 28 heavy (non-hydrogen) atoms. The SMILES string of the molecule is Cc1c(C(=O)N2CCOCC2)c(S(=O)(=O)NCc2ccccc2Cl)c(C)n1C. The fourth-order valence-corrected chi connectivity index (χ4v) is 5.03. The van der Waals surface area contributed by atoms with E-state index in [1.54, 1.807) is 54.6 Å². The van der Waals surface area contributed by atoms with Crippen molar-refractivity contribution < 1.29 is 17.9 Å². The van der Waals surface area contributed by atoms with Crippen LogP contribution in [-0.2, 0) is 28.4 Å². The summed E-state index contributed by atoms with van der Waals surface area (Å²) in [5, 5.41) is 0.482. The number of hydrogen-bond donors (Lipinski definition) is 1. The van der Waals surface area contributed by atoms with Crippen molar-refractivity contribution in [1.82, 2.24) is 14.2 Å². The molecule has 7 nitrogen and oxygen atoms in total. The second-order valence-corrected chi connectivity index (χ2v) is 8.87. The Kier molecular flexibility index (Phi) is 6.14. The summed E-state index contributed by atoms with van der Waals surface area (Å²) in [7, 11) is -2.17. The van der Waals surface area contributed by atoms with Gasteiger partial charge in [0.2, 0.25) is 10.0 Å². The van der Waals surface area contributed by atoms with Gasteiger partial charge in [0, 0.05) is 43.1 Å². The van der Waals surface area contributed by atoms with Gasteiger partial charge in [0.15, 0.2) is 0 Å². The maximum atomic E-state index is 13.1. The lowest BCUT2D eigenvalue weighted by Gasteiger charge is -2.27. The molecule has 1 aromatic carbocycles. The van der Waals surface area contributed by atoms with E-state index < -0.39 is 10.0 Å². The number of halogens is 1. The monoisotopic (exact) mass is 425 g/mol. The van der Waals surface area contributed by atoms with E-state index in [0.717, 1.165) is 0 Å². The normalized spacial score (nSPS) is 15.1. The van der Waals surface area contributed by atoms with Crippen LogP contribution in [0.1, 0.15) is 27.3 Å². The molecule has 0 aliphatic carbocycles. The Bertz CT molecular complexity index is 995. The molecule has 1 saturated heterocycles. The standard InChI is InChI=1S/C19H24ClN3O4S/c1-13-17(19(24)23-8-10-27-11-9-23)18(14(2)22(13)3)28(25,26)21-12-15-6-4-5-7-16(15)20/h4-7,21H,8-12H2,1-3H3. The number of benzene rings is 1. The number of carbonyl (C=O) groups excluding carboxylic acids is 1. The maximum absolute atomic E-state index is 13.1. The lowest BCUT2D eigenvalue weighted by molar-refractivity contribution is 0.0300. The molecular weight excluding hydrogens is 402 g/mol. The Morgan fingerprint density at radius 3 is 2.46 bits per heavy atom. The summed E-state index contributed by atoms with van der Waals surface area (Å²) in [5.74, 6) is -0.289. The Balaban J connectivity index is 1.97. The van der Waals surface area contributed by atoms with Crippen LogP contribution in [0.15, 0.2) is 29.2 Å². The van der Waals surface area contributed by atoms with Crippen LogP contribution in [0.2, 0.25) is 5.02 Å². The van der Waals surface area contributed by atoms with Gasteiger partial charge in [0.05, 0.1) is 18.8 Å². The lowest BCUT2D eigenvalue weighted by atomic mass is 10.2. The van der Waals surface area contributed by atoms with Crippen molar-refractivity contribution >= 4 is 27.5 Å². The van der Waals surface area contributed by atoms with E-state index in [1.807, 2.05) is 0 Å². The third-order valence-electron chi connectivity index (χ3n) is 5.12. The smallest absolute Gasteiger partial charge is 0.257 e. The molecular formula is C19H24ClN3O4S. The molecule has 0 spiro atoms. The van der Waals surface area contributed by atoms with Gasteiger partial charge in [-0.15, -0.1) is 0 Å². The van der Waals surface area contributed by atoms with Crippen molar-refractivity contribution in [3.05, 3.63) is 51.8 Å². The van der Waals surface area contributed by atoms with Crippen LogP contribution in [0.3, 0.4) is 0 Å². The number of morpholine rings is 1. The molecule has 152 valence electrons. The molecule has 1 aromatic heterocycles. The minimum atomic E-state index is -3.93. The van der Waals surface area contributed by atoms with Gasteiger partial charge in [-0.2, -0.15) is 0 Å². The number of amides is 1. The van der Waals surface area contributed by atoms with E-state index in [2.05, 4.69) is 4.72 Å². The highest BCUT2D eigenvalue weighted by Gasteiger charge is 2.33. The summed E-state index contributed by atoms with van der Waals surface area (Å²) in [6.07, 6.45) is 0. The zero-order valence-corrected chi connectivity index (χ0v) is 17.7. The van der Waals surface area contributed by atoms with E-state index in [9.17, 15) is 13.2 Å². The van der Waals surface area contributed by atoms with E-state index in [1.165, 1.54) is 0 Å². The van der Waals surface area contributed by atoms with Crippen LogP contribution in [0.5, 0.6) is 0 Å². The molecule has 0 bridgehead atoms. The lowest BCUT2D eigenvalue weighted by Crippen LogP contribution is -2.41.